The first-order valence-corrected chi connectivity index (χ1v) is 6.28. The summed E-state index contributed by atoms with van der Waals surface area (Å²) in [6.45, 7) is 2.99. The van der Waals surface area contributed by atoms with Crippen LogP contribution in [-0.2, 0) is 9.59 Å². The van der Waals surface area contributed by atoms with Crippen LogP contribution in [0.1, 0.15) is 32.6 Å². The molecule has 0 spiro atoms. The van der Waals surface area contributed by atoms with Crippen LogP contribution in [0.2, 0.25) is 0 Å². The molecule has 6 heteroatoms. The fourth-order valence-electron chi connectivity index (χ4n) is 1.52. The Hall–Kier alpha value is -1.17. The van der Waals surface area contributed by atoms with E-state index in [4.69, 9.17) is 18.0 Å². The molecule has 0 radical (unpaired) electrons. The maximum absolute atomic E-state index is 11.8. The van der Waals surface area contributed by atoms with Crippen LogP contribution in [0.25, 0.3) is 0 Å². The van der Waals surface area contributed by atoms with Gasteiger partial charge in [0, 0.05) is 19.5 Å². The number of carbonyl (C=O) groups excluding carboxylic acids is 2. The third kappa shape index (κ3) is 3.66. The van der Waals surface area contributed by atoms with E-state index >= 15 is 0 Å². The van der Waals surface area contributed by atoms with E-state index in [1.807, 2.05) is 6.92 Å². The molecule has 1 aliphatic carbocycles. The van der Waals surface area contributed by atoms with E-state index in [-0.39, 0.29) is 16.8 Å². The molecule has 0 heterocycles. The maximum atomic E-state index is 11.8. The SMILES string of the molecule is CCCNC(=O)CCNC(=O)C1(C(N)=S)CC1. The third-order valence-electron chi connectivity index (χ3n) is 2.87. The lowest BCUT2D eigenvalue weighted by molar-refractivity contribution is -0.124. The highest BCUT2D eigenvalue weighted by Gasteiger charge is 2.52. The largest absolute Gasteiger partial charge is 0.392 e. The summed E-state index contributed by atoms with van der Waals surface area (Å²) in [5.74, 6) is -0.194. The van der Waals surface area contributed by atoms with Crippen molar-refractivity contribution in [1.82, 2.24) is 10.6 Å². The summed E-state index contributed by atoms with van der Waals surface area (Å²) in [5, 5.41) is 5.45. The molecule has 1 saturated carbocycles. The van der Waals surface area contributed by atoms with Crippen molar-refractivity contribution in [3.63, 3.8) is 0 Å². The highest BCUT2D eigenvalue weighted by Crippen LogP contribution is 2.46. The topological polar surface area (TPSA) is 84.2 Å². The second-order valence-corrected chi connectivity index (χ2v) is 4.74. The maximum Gasteiger partial charge on any atom is 0.233 e. The van der Waals surface area contributed by atoms with Gasteiger partial charge in [-0.15, -0.1) is 0 Å². The summed E-state index contributed by atoms with van der Waals surface area (Å²) in [4.78, 5) is 23.3. The van der Waals surface area contributed by atoms with Crippen LogP contribution < -0.4 is 16.4 Å². The van der Waals surface area contributed by atoms with Crippen LogP contribution in [0.4, 0.5) is 0 Å². The van der Waals surface area contributed by atoms with Crippen molar-refractivity contribution in [3.05, 3.63) is 0 Å². The lowest BCUT2D eigenvalue weighted by atomic mass is 10.1. The molecule has 96 valence electrons. The smallest absolute Gasteiger partial charge is 0.233 e. The van der Waals surface area contributed by atoms with Gasteiger partial charge in [0.15, 0.2) is 0 Å². The van der Waals surface area contributed by atoms with Gasteiger partial charge in [-0.1, -0.05) is 19.1 Å². The molecular formula is C11H19N3O2S. The lowest BCUT2D eigenvalue weighted by Crippen LogP contribution is -2.41. The Balaban J connectivity index is 2.21. The molecule has 2 amide bonds. The van der Waals surface area contributed by atoms with Gasteiger partial charge in [-0.25, -0.2) is 0 Å². The van der Waals surface area contributed by atoms with E-state index in [0.29, 0.717) is 19.5 Å². The Bertz CT molecular complexity index is 327. The fraction of sp³-hybridized carbons (Fsp3) is 0.727. The molecule has 1 rings (SSSR count). The van der Waals surface area contributed by atoms with Gasteiger partial charge in [0.25, 0.3) is 0 Å². The fourth-order valence-corrected chi connectivity index (χ4v) is 1.82. The third-order valence-corrected chi connectivity index (χ3v) is 3.26. The van der Waals surface area contributed by atoms with Crippen molar-refractivity contribution in [1.29, 1.82) is 0 Å². The molecule has 0 unspecified atom stereocenters. The minimum Gasteiger partial charge on any atom is -0.392 e. The second-order valence-electron chi connectivity index (χ2n) is 4.30. The van der Waals surface area contributed by atoms with E-state index < -0.39 is 5.41 Å². The number of thiocarbonyl (C=S) groups is 1. The van der Waals surface area contributed by atoms with E-state index in [2.05, 4.69) is 10.6 Å². The Morgan fingerprint density at radius 1 is 1.29 bits per heavy atom. The monoisotopic (exact) mass is 257 g/mol. The molecule has 0 saturated heterocycles. The molecule has 0 aromatic rings. The number of hydrogen-bond acceptors (Lipinski definition) is 3. The van der Waals surface area contributed by atoms with Crippen LogP contribution in [0, 0.1) is 5.41 Å². The number of rotatable bonds is 7. The average molecular weight is 257 g/mol. The van der Waals surface area contributed by atoms with Gasteiger partial charge in [0.05, 0.1) is 10.4 Å². The molecule has 0 bridgehead atoms. The minimum atomic E-state index is -0.630. The van der Waals surface area contributed by atoms with Crippen molar-refractivity contribution in [2.45, 2.75) is 32.6 Å². The number of carbonyl (C=O) groups is 2. The summed E-state index contributed by atoms with van der Waals surface area (Å²) in [6, 6.07) is 0. The first-order valence-electron chi connectivity index (χ1n) is 5.88. The summed E-state index contributed by atoms with van der Waals surface area (Å²) < 4.78 is 0. The molecule has 0 aliphatic heterocycles. The van der Waals surface area contributed by atoms with Gasteiger partial charge >= 0.3 is 0 Å². The zero-order valence-electron chi connectivity index (χ0n) is 10.0. The van der Waals surface area contributed by atoms with Crippen molar-refractivity contribution in [3.8, 4) is 0 Å². The Morgan fingerprint density at radius 3 is 2.41 bits per heavy atom. The van der Waals surface area contributed by atoms with E-state index in [0.717, 1.165) is 19.3 Å². The molecule has 17 heavy (non-hydrogen) atoms. The van der Waals surface area contributed by atoms with Gasteiger partial charge in [-0.2, -0.15) is 0 Å². The zero-order valence-corrected chi connectivity index (χ0v) is 10.9. The molecule has 0 atom stereocenters. The van der Waals surface area contributed by atoms with E-state index in [1.165, 1.54) is 0 Å². The molecule has 1 aliphatic rings. The number of nitrogens with one attached hydrogen (secondary N) is 2. The van der Waals surface area contributed by atoms with Crippen LogP contribution >= 0.6 is 12.2 Å². The Labute approximate surface area is 107 Å². The van der Waals surface area contributed by atoms with Gasteiger partial charge in [-0.05, 0) is 19.3 Å². The molecule has 0 aromatic carbocycles. The van der Waals surface area contributed by atoms with Crippen LogP contribution in [0.3, 0.4) is 0 Å². The van der Waals surface area contributed by atoms with E-state index in [9.17, 15) is 9.59 Å². The molecule has 5 nitrogen and oxygen atoms in total. The predicted octanol–water partition coefficient (Wildman–Crippen LogP) is 0.0852. The van der Waals surface area contributed by atoms with Gasteiger partial charge in [-0.3, -0.25) is 9.59 Å². The summed E-state index contributed by atoms with van der Waals surface area (Å²) >= 11 is 4.87. The summed E-state index contributed by atoms with van der Waals surface area (Å²) in [6.07, 6.45) is 2.63. The minimum absolute atomic E-state index is 0.0488. The van der Waals surface area contributed by atoms with Crippen molar-refractivity contribution >= 4 is 29.0 Å². The Morgan fingerprint density at radius 2 is 1.94 bits per heavy atom. The summed E-state index contributed by atoms with van der Waals surface area (Å²) in [7, 11) is 0. The number of nitrogens with two attached hydrogens (primary N) is 1. The first-order chi connectivity index (χ1) is 8.03. The second kappa shape index (κ2) is 5.95. The van der Waals surface area contributed by atoms with Gasteiger partial charge in [0.2, 0.25) is 11.8 Å². The number of amides is 2. The normalized spacial score (nSPS) is 16.1. The number of hydrogen-bond donors (Lipinski definition) is 3. The predicted molar refractivity (Wildman–Crippen MR) is 69.4 cm³/mol. The zero-order chi connectivity index (χ0) is 12.9. The van der Waals surface area contributed by atoms with Crippen LogP contribution in [-0.4, -0.2) is 29.9 Å². The van der Waals surface area contributed by atoms with Crippen molar-refractivity contribution in [2.24, 2.45) is 11.1 Å². The Kier molecular flexibility index (Phi) is 4.86. The molecule has 4 N–H and O–H groups in total. The van der Waals surface area contributed by atoms with Gasteiger partial charge < -0.3 is 16.4 Å². The lowest BCUT2D eigenvalue weighted by Gasteiger charge is -2.13. The van der Waals surface area contributed by atoms with Gasteiger partial charge in [0.1, 0.15) is 0 Å². The highest BCUT2D eigenvalue weighted by atomic mass is 32.1. The van der Waals surface area contributed by atoms with Crippen LogP contribution in [0.5, 0.6) is 0 Å². The molecule has 0 aromatic heterocycles. The summed E-state index contributed by atoms with van der Waals surface area (Å²) in [5.41, 5.74) is 4.89. The standard InChI is InChI=1S/C11H19N3O2S/c1-2-6-13-8(15)3-7-14-10(16)11(4-5-11)9(12)17/h2-7H2,1H3,(H2,12,17)(H,13,15)(H,14,16). The van der Waals surface area contributed by atoms with E-state index in [1.54, 1.807) is 0 Å². The van der Waals surface area contributed by atoms with Crippen molar-refractivity contribution in [2.75, 3.05) is 13.1 Å². The average Bonchev–Trinajstić information content (AvgIpc) is 3.07. The highest BCUT2D eigenvalue weighted by molar-refractivity contribution is 7.80. The molecular weight excluding hydrogens is 238 g/mol. The quantitative estimate of drug-likeness (QED) is 0.564. The van der Waals surface area contributed by atoms with Crippen LogP contribution in [0.15, 0.2) is 0 Å². The molecule has 1 fully saturated rings. The van der Waals surface area contributed by atoms with Crippen molar-refractivity contribution < 1.29 is 9.59 Å². The first kappa shape index (κ1) is 13.9.